The Kier molecular flexibility index (Phi) is 33.1. The Balaban J connectivity index is 4.30. The molecule has 0 aromatic carbocycles. The maximum atomic E-state index is 12.5. The van der Waals surface area contributed by atoms with E-state index in [-0.39, 0.29) is 31.1 Å². The van der Waals surface area contributed by atoms with Gasteiger partial charge in [-0.25, -0.2) is 0 Å². The Labute approximate surface area is 277 Å². The molecule has 0 aromatic rings. The zero-order valence-electron chi connectivity index (χ0n) is 29.6. The number of rotatable bonds is 33. The molecule has 0 rings (SSSR count). The molecule has 6 nitrogen and oxygen atoms in total. The highest BCUT2D eigenvalue weighted by molar-refractivity contribution is 5.71. The Bertz CT molecular complexity index is 744. The number of allylic oxidation sites excluding steroid dienone is 4. The predicted octanol–water partition coefficient (Wildman–Crippen LogP) is 11.3. The SMILES string of the molecule is CCC/C=C\C/C=C\CCCCCCCC(=O)OCC(COC(=O)CCCCCCC)OC(=O)CCCCCCCCCCC. The van der Waals surface area contributed by atoms with Crippen LogP contribution in [0.25, 0.3) is 0 Å². The Morgan fingerprint density at radius 3 is 1.31 bits per heavy atom. The van der Waals surface area contributed by atoms with Gasteiger partial charge in [0.2, 0.25) is 0 Å². The van der Waals surface area contributed by atoms with Crippen LogP contribution in [0.2, 0.25) is 0 Å². The maximum Gasteiger partial charge on any atom is 0.306 e. The first-order chi connectivity index (χ1) is 22.0. The van der Waals surface area contributed by atoms with Gasteiger partial charge in [0.25, 0.3) is 0 Å². The summed E-state index contributed by atoms with van der Waals surface area (Å²) >= 11 is 0. The minimum Gasteiger partial charge on any atom is -0.462 e. The van der Waals surface area contributed by atoms with Crippen LogP contribution in [0, 0.1) is 0 Å². The van der Waals surface area contributed by atoms with Crippen molar-refractivity contribution in [2.75, 3.05) is 13.2 Å². The Morgan fingerprint density at radius 1 is 0.444 bits per heavy atom. The van der Waals surface area contributed by atoms with E-state index in [0.29, 0.717) is 19.3 Å². The van der Waals surface area contributed by atoms with E-state index in [0.717, 1.165) is 89.9 Å². The topological polar surface area (TPSA) is 78.9 Å². The van der Waals surface area contributed by atoms with Gasteiger partial charge in [0.1, 0.15) is 13.2 Å². The van der Waals surface area contributed by atoms with Crippen LogP contribution < -0.4 is 0 Å². The minimum absolute atomic E-state index is 0.0754. The molecule has 0 aliphatic carbocycles. The van der Waals surface area contributed by atoms with E-state index in [4.69, 9.17) is 14.2 Å². The van der Waals surface area contributed by atoms with Gasteiger partial charge in [-0.15, -0.1) is 0 Å². The molecule has 1 atom stereocenters. The number of unbranched alkanes of at least 4 members (excludes halogenated alkanes) is 18. The van der Waals surface area contributed by atoms with Crippen LogP contribution in [0.1, 0.15) is 188 Å². The molecule has 0 saturated carbocycles. The van der Waals surface area contributed by atoms with E-state index in [9.17, 15) is 14.4 Å². The lowest BCUT2D eigenvalue weighted by Crippen LogP contribution is -2.30. The second kappa shape index (κ2) is 34.8. The van der Waals surface area contributed by atoms with Crippen LogP contribution in [0.5, 0.6) is 0 Å². The Morgan fingerprint density at radius 2 is 0.844 bits per heavy atom. The standard InChI is InChI=1S/C39H70O6/c1-4-7-10-13-15-17-18-19-20-22-23-26-29-32-38(41)44-35-36(34-43-37(40)31-28-25-12-9-6-3)45-39(42)33-30-27-24-21-16-14-11-8-5-2/h10,13,17-18,36H,4-9,11-12,14-16,19-35H2,1-3H3/b13-10-,18-17-. The van der Waals surface area contributed by atoms with Crippen molar-refractivity contribution < 1.29 is 28.6 Å². The van der Waals surface area contributed by atoms with Crippen LogP contribution in [0.4, 0.5) is 0 Å². The van der Waals surface area contributed by atoms with Gasteiger partial charge in [-0.2, -0.15) is 0 Å². The summed E-state index contributed by atoms with van der Waals surface area (Å²) in [6.07, 6.45) is 34.7. The first-order valence-corrected chi connectivity index (χ1v) is 18.8. The summed E-state index contributed by atoms with van der Waals surface area (Å²) in [6, 6.07) is 0. The molecule has 262 valence electrons. The lowest BCUT2D eigenvalue weighted by molar-refractivity contribution is -0.167. The average Bonchev–Trinajstić information content (AvgIpc) is 3.03. The summed E-state index contributed by atoms with van der Waals surface area (Å²) in [5.74, 6) is -0.911. The molecule has 0 radical (unpaired) electrons. The zero-order valence-corrected chi connectivity index (χ0v) is 29.6. The third kappa shape index (κ3) is 33.1. The smallest absolute Gasteiger partial charge is 0.306 e. The highest BCUT2D eigenvalue weighted by Crippen LogP contribution is 2.13. The quantitative estimate of drug-likeness (QED) is 0.0309. The monoisotopic (exact) mass is 635 g/mol. The summed E-state index contributed by atoms with van der Waals surface area (Å²) in [6.45, 7) is 6.43. The van der Waals surface area contributed by atoms with E-state index >= 15 is 0 Å². The van der Waals surface area contributed by atoms with Gasteiger partial charge >= 0.3 is 17.9 Å². The average molecular weight is 635 g/mol. The van der Waals surface area contributed by atoms with Gasteiger partial charge in [0.15, 0.2) is 6.10 Å². The van der Waals surface area contributed by atoms with Crippen LogP contribution in [0.3, 0.4) is 0 Å². The number of hydrogen-bond acceptors (Lipinski definition) is 6. The molecule has 0 saturated heterocycles. The molecule has 0 N–H and O–H groups in total. The molecule has 0 heterocycles. The van der Waals surface area contributed by atoms with Gasteiger partial charge in [-0.05, 0) is 44.9 Å². The van der Waals surface area contributed by atoms with Crippen LogP contribution >= 0.6 is 0 Å². The largest absolute Gasteiger partial charge is 0.462 e. The number of carbonyl (C=O) groups excluding carboxylic acids is 3. The van der Waals surface area contributed by atoms with Gasteiger partial charge in [-0.1, -0.05) is 148 Å². The molecular weight excluding hydrogens is 564 g/mol. The minimum atomic E-state index is -0.765. The first kappa shape index (κ1) is 42.9. The second-order valence-electron chi connectivity index (χ2n) is 12.5. The van der Waals surface area contributed by atoms with Crippen LogP contribution in [0.15, 0.2) is 24.3 Å². The number of hydrogen-bond donors (Lipinski definition) is 0. The molecule has 0 aliphatic heterocycles. The third-order valence-electron chi connectivity index (χ3n) is 7.94. The fraction of sp³-hybridized carbons (Fsp3) is 0.821. The van der Waals surface area contributed by atoms with Crippen LogP contribution in [-0.2, 0) is 28.6 Å². The van der Waals surface area contributed by atoms with Crippen molar-refractivity contribution in [3.63, 3.8) is 0 Å². The summed E-state index contributed by atoms with van der Waals surface area (Å²) in [5, 5.41) is 0. The number of ether oxygens (including phenoxy) is 3. The molecule has 45 heavy (non-hydrogen) atoms. The molecule has 0 aromatic heterocycles. The van der Waals surface area contributed by atoms with E-state index in [1.807, 2.05) is 0 Å². The van der Waals surface area contributed by atoms with Crippen molar-refractivity contribution in [2.45, 2.75) is 194 Å². The molecule has 0 bridgehead atoms. The molecule has 6 heteroatoms. The number of esters is 3. The predicted molar refractivity (Wildman–Crippen MR) is 187 cm³/mol. The lowest BCUT2D eigenvalue weighted by Gasteiger charge is -2.18. The van der Waals surface area contributed by atoms with E-state index in [1.165, 1.54) is 57.8 Å². The van der Waals surface area contributed by atoms with Gasteiger partial charge in [-0.3, -0.25) is 14.4 Å². The van der Waals surface area contributed by atoms with Crippen LogP contribution in [-0.4, -0.2) is 37.2 Å². The van der Waals surface area contributed by atoms with Gasteiger partial charge < -0.3 is 14.2 Å². The highest BCUT2D eigenvalue weighted by atomic mass is 16.6. The fourth-order valence-corrected chi connectivity index (χ4v) is 5.07. The van der Waals surface area contributed by atoms with E-state index < -0.39 is 6.10 Å². The first-order valence-electron chi connectivity index (χ1n) is 18.8. The summed E-state index contributed by atoms with van der Waals surface area (Å²) < 4.78 is 16.5. The molecule has 0 fully saturated rings. The Hall–Kier alpha value is -2.11. The second-order valence-corrected chi connectivity index (χ2v) is 12.5. The molecular formula is C39H70O6. The zero-order chi connectivity index (χ0) is 33.1. The van der Waals surface area contributed by atoms with E-state index in [2.05, 4.69) is 45.1 Å². The van der Waals surface area contributed by atoms with E-state index in [1.54, 1.807) is 0 Å². The van der Waals surface area contributed by atoms with Crippen molar-refractivity contribution in [1.82, 2.24) is 0 Å². The van der Waals surface area contributed by atoms with Crippen molar-refractivity contribution in [3.05, 3.63) is 24.3 Å². The van der Waals surface area contributed by atoms with Crippen molar-refractivity contribution >= 4 is 17.9 Å². The van der Waals surface area contributed by atoms with Crippen molar-refractivity contribution in [3.8, 4) is 0 Å². The summed E-state index contributed by atoms with van der Waals surface area (Å²) in [4.78, 5) is 37.1. The molecule has 0 aliphatic rings. The van der Waals surface area contributed by atoms with Gasteiger partial charge in [0, 0.05) is 19.3 Å². The normalized spacial score (nSPS) is 12.2. The van der Waals surface area contributed by atoms with Crippen molar-refractivity contribution in [2.24, 2.45) is 0 Å². The fourth-order valence-electron chi connectivity index (χ4n) is 5.07. The maximum absolute atomic E-state index is 12.5. The molecule has 0 amide bonds. The lowest BCUT2D eigenvalue weighted by atomic mass is 10.1. The highest BCUT2D eigenvalue weighted by Gasteiger charge is 2.19. The van der Waals surface area contributed by atoms with Gasteiger partial charge in [0.05, 0.1) is 0 Å². The molecule has 1 unspecified atom stereocenters. The molecule has 0 spiro atoms. The summed E-state index contributed by atoms with van der Waals surface area (Å²) in [7, 11) is 0. The third-order valence-corrected chi connectivity index (χ3v) is 7.94. The number of carbonyl (C=O) groups is 3. The van der Waals surface area contributed by atoms with Crippen molar-refractivity contribution in [1.29, 1.82) is 0 Å². The summed E-state index contributed by atoms with van der Waals surface area (Å²) in [5.41, 5.74) is 0.